The number of aryl methyl sites for hydroxylation is 1. The van der Waals surface area contributed by atoms with Crippen molar-refractivity contribution in [2.45, 2.75) is 33.2 Å². The van der Waals surface area contributed by atoms with Gasteiger partial charge in [0, 0.05) is 6.54 Å². The Balaban J connectivity index is 1.95. The van der Waals surface area contributed by atoms with E-state index in [1.807, 2.05) is 39.0 Å². The van der Waals surface area contributed by atoms with E-state index >= 15 is 0 Å². The van der Waals surface area contributed by atoms with Crippen LogP contribution in [-0.4, -0.2) is 36.5 Å². The Bertz CT molecular complexity index is 758. The van der Waals surface area contributed by atoms with Gasteiger partial charge in [-0.15, -0.1) is 0 Å². The van der Waals surface area contributed by atoms with Gasteiger partial charge in [-0.2, -0.15) is 5.10 Å². The Morgan fingerprint density at radius 3 is 2.52 bits per heavy atom. The molecule has 1 N–H and O–H groups in total. The van der Waals surface area contributed by atoms with Crippen molar-refractivity contribution in [1.82, 2.24) is 15.1 Å². The van der Waals surface area contributed by atoms with Crippen LogP contribution in [-0.2, 0) is 11.2 Å². The fourth-order valence-corrected chi connectivity index (χ4v) is 2.77. The lowest BCUT2D eigenvalue weighted by Gasteiger charge is -2.15. The molecule has 1 aromatic heterocycles. The normalized spacial score (nSPS) is 11.9. The van der Waals surface area contributed by atoms with E-state index in [1.165, 1.54) is 0 Å². The van der Waals surface area contributed by atoms with E-state index in [-0.39, 0.29) is 5.91 Å². The number of carbonyl (C=O) groups is 1. The minimum absolute atomic E-state index is 0.0947. The number of amides is 1. The summed E-state index contributed by atoms with van der Waals surface area (Å²) in [6, 6.07) is 5.31. The van der Waals surface area contributed by atoms with E-state index < -0.39 is 6.04 Å². The molecular weight excluding hydrogens is 342 g/mol. The first-order valence-corrected chi connectivity index (χ1v) is 8.46. The van der Waals surface area contributed by atoms with Gasteiger partial charge in [-0.05, 0) is 44.9 Å². The summed E-state index contributed by atoms with van der Waals surface area (Å²) < 4.78 is 12.2. The number of aromatic nitrogens is 2. The minimum atomic E-state index is -0.420. The molecule has 136 valence electrons. The van der Waals surface area contributed by atoms with Crippen LogP contribution < -0.4 is 14.8 Å². The van der Waals surface area contributed by atoms with Crippen molar-refractivity contribution < 1.29 is 14.3 Å². The van der Waals surface area contributed by atoms with Crippen LogP contribution in [0.1, 0.15) is 29.9 Å². The predicted octanol–water partition coefficient (Wildman–Crippen LogP) is 3.09. The second kappa shape index (κ2) is 8.25. The maximum Gasteiger partial charge on any atom is 0.244 e. The molecule has 1 atom stereocenters. The van der Waals surface area contributed by atoms with Crippen LogP contribution in [0.4, 0.5) is 0 Å². The molecule has 25 heavy (non-hydrogen) atoms. The van der Waals surface area contributed by atoms with E-state index in [0.29, 0.717) is 29.5 Å². The van der Waals surface area contributed by atoms with E-state index in [4.69, 9.17) is 21.1 Å². The number of methoxy groups -OCH3 is 2. The van der Waals surface area contributed by atoms with E-state index in [2.05, 4.69) is 10.4 Å². The highest BCUT2D eigenvalue weighted by Gasteiger charge is 2.20. The molecule has 0 aliphatic heterocycles. The van der Waals surface area contributed by atoms with Crippen LogP contribution in [0, 0.1) is 13.8 Å². The topological polar surface area (TPSA) is 65.4 Å². The van der Waals surface area contributed by atoms with Gasteiger partial charge in [0.15, 0.2) is 11.5 Å². The predicted molar refractivity (Wildman–Crippen MR) is 97.7 cm³/mol. The molecular formula is C18H24ClN3O3. The van der Waals surface area contributed by atoms with Crippen molar-refractivity contribution >= 4 is 17.5 Å². The second-order valence-electron chi connectivity index (χ2n) is 5.84. The Kier molecular flexibility index (Phi) is 6.31. The summed E-state index contributed by atoms with van der Waals surface area (Å²) in [6.07, 6.45) is 0.691. The van der Waals surface area contributed by atoms with Crippen molar-refractivity contribution in [3.63, 3.8) is 0 Å². The summed E-state index contributed by atoms with van der Waals surface area (Å²) in [5.41, 5.74) is 2.57. The monoisotopic (exact) mass is 365 g/mol. The smallest absolute Gasteiger partial charge is 0.244 e. The molecule has 0 fully saturated rings. The summed E-state index contributed by atoms with van der Waals surface area (Å²) >= 11 is 6.15. The molecule has 7 heteroatoms. The molecule has 0 saturated heterocycles. The van der Waals surface area contributed by atoms with E-state index in [0.717, 1.165) is 17.0 Å². The second-order valence-corrected chi connectivity index (χ2v) is 6.21. The van der Waals surface area contributed by atoms with Gasteiger partial charge in [0.2, 0.25) is 5.91 Å². The lowest BCUT2D eigenvalue weighted by atomic mass is 10.1. The highest BCUT2D eigenvalue weighted by atomic mass is 35.5. The van der Waals surface area contributed by atoms with Gasteiger partial charge in [0.25, 0.3) is 0 Å². The highest BCUT2D eigenvalue weighted by molar-refractivity contribution is 6.31. The number of hydrogen-bond acceptors (Lipinski definition) is 4. The minimum Gasteiger partial charge on any atom is -0.493 e. The average molecular weight is 366 g/mol. The SMILES string of the molecule is COc1ccc(CCNC(=O)C(C)n2nc(C)c(Cl)c2C)cc1OC. The number of nitrogens with zero attached hydrogens (tertiary/aromatic N) is 2. The summed E-state index contributed by atoms with van der Waals surface area (Å²) in [4.78, 5) is 12.4. The molecule has 0 saturated carbocycles. The Morgan fingerprint density at radius 2 is 1.96 bits per heavy atom. The standard InChI is InChI=1S/C18H24ClN3O3/c1-11-17(19)12(2)22(21-11)13(3)18(23)20-9-8-14-6-7-15(24-4)16(10-14)25-5/h6-7,10,13H,8-9H2,1-5H3,(H,20,23). The molecule has 0 radical (unpaired) electrons. The number of ether oxygens (including phenoxy) is 2. The van der Waals surface area contributed by atoms with Gasteiger partial charge in [0.05, 0.1) is 30.6 Å². The van der Waals surface area contributed by atoms with Gasteiger partial charge in [-0.3, -0.25) is 9.48 Å². The van der Waals surface area contributed by atoms with Crippen LogP contribution >= 0.6 is 11.6 Å². The van der Waals surface area contributed by atoms with Crippen LogP contribution in [0.15, 0.2) is 18.2 Å². The van der Waals surface area contributed by atoms with E-state index in [1.54, 1.807) is 18.9 Å². The average Bonchev–Trinajstić information content (AvgIpc) is 2.88. The quantitative estimate of drug-likeness (QED) is 0.818. The maximum absolute atomic E-state index is 12.4. The first-order valence-electron chi connectivity index (χ1n) is 8.08. The zero-order chi connectivity index (χ0) is 18.6. The number of benzene rings is 1. The van der Waals surface area contributed by atoms with Crippen LogP contribution in [0.25, 0.3) is 0 Å². The molecule has 0 aliphatic carbocycles. The molecule has 1 heterocycles. The highest BCUT2D eigenvalue weighted by Crippen LogP contribution is 2.27. The molecule has 1 amide bonds. The molecule has 0 bridgehead atoms. The number of carbonyl (C=O) groups excluding carboxylic acids is 1. The summed E-state index contributed by atoms with van der Waals surface area (Å²) in [5.74, 6) is 1.27. The summed E-state index contributed by atoms with van der Waals surface area (Å²) in [7, 11) is 3.20. The van der Waals surface area contributed by atoms with Crippen LogP contribution in [0.3, 0.4) is 0 Å². The number of nitrogens with one attached hydrogen (secondary N) is 1. The van der Waals surface area contributed by atoms with Gasteiger partial charge >= 0.3 is 0 Å². The maximum atomic E-state index is 12.4. The Hall–Kier alpha value is -2.21. The lowest BCUT2D eigenvalue weighted by Crippen LogP contribution is -2.33. The fourth-order valence-electron chi connectivity index (χ4n) is 2.64. The van der Waals surface area contributed by atoms with Crippen molar-refractivity contribution in [3.05, 3.63) is 40.2 Å². The molecule has 6 nitrogen and oxygen atoms in total. The number of hydrogen-bond donors (Lipinski definition) is 1. The summed E-state index contributed by atoms with van der Waals surface area (Å²) in [6.45, 7) is 6.01. The van der Waals surface area contributed by atoms with Gasteiger partial charge < -0.3 is 14.8 Å². The van der Waals surface area contributed by atoms with Gasteiger partial charge in [-0.25, -0.2) is 0 Å². The molecule has 1 aromatic carbocycles. The van der Waals surface area contributed by atoms with Gasteiger partial charge in [-0.1, -0.05) is 17.7 Å². The largest absolute Gasteiger partial charge is 0.493 e. The zero-order valence-electron chi connectivity index (χ0n) is 15.2. The molecule has 0 spiro atoms. The Labute approximate surface area is 153 Å². The van der Waals surface area contributed by atoms with Gasteiger partial charge in [0.1, 0.15) is 6.04 Å². The van der Waals surface area contributed by atoms with E-state index in [9.17, 15) is 4.79 Å². The first kappa shape index (κ1) is 19.1. The van der Waals surface area contributed by atoms with Crippen LogP contribution in [0.5, 0.6) is 11.5 Å². The molecule has 0 aliphatic rings. The van der Waals surface area contributed by atoms with Crippen molar-refractivity contribution in [2.24, 2.45) is 0 Å². The summed E-state index contributed by atoms with van der Waals surface area (Å²) in [5, 5.41) is 7.87. The first-order chi connectivity index (χ1) is 11.9. The third kappa shape index (κ3) is 4.25. The fraction of sp³-hybridized carbons (Fsp3) is 0.444. The van der Waals surface area contributed by atoms with Crippen molar-refractivity contribution in [2.75, 3.05) is 20.8 Å². The molecule has 2 aromatic rings. The molecule has 1 unspecified atom stereocenters. The Morgan fingerprint density at radius 1 is 1.28 bits per heavy atom. The number of rotatable bonds is 7. The van der Waals surface area contributed by atoms with Crippen molar-refractivity contribution in [1.29, 1.82) is 0 Å². The molecule has 2 rings (SSSR count). The lowest BCUT2D eigenvalue weighted by molar-refractivity contribution is -0.124. The van der Waals surface area contributed by atoms with Crippen molar-refractivity contribution in [3.8, 4) is 11.5 Å². The van der Waals surface area contributed by atoms with Crippen LogP contribution in [0.2, 0.25) is 5.02 Å². The zero-order valence-corrected chi connectivity index (χ0v) is 16.0. The third-order valence-corrected chi connectivity index (χ3v) is 4.69. The third-order valence-electron chi connectivity index (χ3n) is 4.14. The number of halogens is 1.